The molecule has 2 aromatic carbocycles. The van der Waals surface area contributed by atoms with Gasteiger partial charge in [-0.25, -0.2) is 0 Å². The maximum Gasteiger partial charge on any atom is 0.312 e. The number of hydrogen-bond donors (Lipinski definition) is 1. The number of ether oxygens (including phenoxy) is 1. The van der Waals surface area contributed by atoms with Crippen molar-refractivity contribution < 1.29 is 28.8 Å². The largest absolute Gasteiger partial charge is 0.454 e. The Balaban J connectivity index is 1.65. The van der Waals surface area contributed by atoms with Crippen LogP contribution in [0.3, 0.4) is 0 Å². The standard InChI is InChI=1S/C22H19Cl2N3O7/c23-10-9-18(20(29)13-5-7-15(24)8-6-13)34-22(31)14-11-19(28)26(12-14)25-21(30)16-3-1-2-4-17(16)27(32)33/h1-8,14,18H,9-12H2,(H,25,30)/t14-,18-/m0/s1. The second kappa shape index (κ2) is 11.1. The highest BCUT2D eigenvalue weighted by Gasteiger charge is 2.38. The number of hydrogen-bond acceptors (Lipinski definition) is 7. The van der Waals surface area contributed by atoms with Crippen molar-refractivity contribution in [2.24, 2.45) is 5.92 Å². The van der Waals surface area contributed by atoms with Crippen LogP contribution in [0.4, 0.5) is 5.69 Å². The molecule has 0 aromatic heterocycles. The lowest BCUT2D eigenvalue weighted by atomic mass is 10.0. The fraction of sp³-hybridized carbons (Fsp3) is 0.273. The number of carbonyl (C=O) groups is 4. The fourth-order valence-electron chi connectivity index (χ4n) is 3.36. The molecule has 2 atom stereocenters. The van der Waals surface area contributed by atoms with Gasteiger partial charge in [-0.05, 0) is 30.3 Å². The van der Waals surface area contributed by atoms with Gasteiger partial charge in [-0.1, -0.05) is 23.7 Å². The van der Waals surface area contributed by atoms with Gasteiger partial charge in [-0.2, -0.15) is 0 Å². The lowest BCUT2D eigenvalue weighted by molar-refractivity contribution is -0.385. The number of halogens is 2. The molecule has 0 unspecified atom stereocenters. The van der Waals surface area contributed by atoms with Crippen molar-refractivity contribution in [2.75, 3.05) is 12.4 Å². The van der Waals surface area contributed by atoms with Crippen molar-refractivity contribution in [2.45, 2.75) is 18.9 Å². The number of Topliss-reactive ketones (excluding diaryl/α,β-unsaturated/α-hetero) is 1. The lowest BCUT2D eigenvalue weighted by Gasteiger charge is -2.19. The van der Waals surface area contributed by atoms with Crippen molar-refractivity contribution in [1.29, 1.82) is 0 Å². The molecule has 1 aliphatic heterocycles. The quantitative estimate of drug-likeness (QED) is 0.181. The summed E-state index contributed by atoms with van der Waals surface area (Å²) in [5, 5.41) is 12.5. The Bertz CT molecular complexity index is 1120. The highest BCUT2D eigenvalue weighted by molar-refractivity contribution is 6.30. The zero-order valence-electron chi connectivity index (χ0n) is 17.6. The van der Waals surface area contributed by atoms with Crippen LogP contribution in [0.15, 0.2) is 48.5 Å². The molecule has 34 heavy (non-hydrogen) atoms. The van der Waals surface area contributed by atoms with E-state index in [0.717, 1.165) is 11.1 Å². The zero-order valence-corrected chi connectivity index (χ0v) is 19.1. The molecule has 1 saturated heterocycles. The molecular weight excluding hydrogens is 489 g/mol. The minimum atomic E-state index is -1.16. The number of carbonyl (C=O) groups excluding carboxylic acids is 4. The van der Waals surface area contributed by atoms with E-state index in [1.54, 1.807) is 0 Å². The number of esters is 1. The van der Waals surface area contributed by atoms with E-state index in [9.17, 15) is 29.3 Å². The van der Waals surface area contributed by atoms with Gasteiger partial charge >= 0.3 is 5.97 Å². The number of ketones is 1. The molecule has 0 bridgehead atoms. The second-order valence-corrected chi connectivity index (χ2v) is 8.21. The number of hydrazine groups is 1. The predicted molar refractivity (Wildman–Crippen MR) is 121 cm³/mol. The van der Waals surface area contributed by atoms with Crippen molar-refractivity contribution in [3.05, 3.63) is 74.8 Å². The second-order valence-electron chi connectivity index (χ2n) is 7.39. The molecule has 1 N–H and O–H groups in total. The van der Waals surface area contributed by atoms with Crippen molar-refractivity contribution in [3.8, 4) is 0 Å². The Morgan fingerprint density at radius 2 is 1.85 bits per heavy atom. The van der Waals surface area contributed by atoms with E-state index in [1.165, 1.54) is 42.5 Å². The van der Waals surface area contributed by atoms with Crippen molar-refractivity contribution >= 4 is 52.5 Å². The summed E-state index contributed by atoms with van der Waals surface area (Å²) in [6.07, 6.45) is -1.36. The monoisotopic (exact) mass is 507 g/mol. The van der Waals surface area contributed by atoms with Gasteiger partial charge in [0.15, 0.2) is 6.10 Å². The Morgan fingerprint density at radius 1 is 1.18 bits per heavy atom. The molecule has 12 heteroatoms. The highest BCUT2D eigenvalue weighted by atomic mass is 35.5. The number of nitro benzene ring substituents is 1. The number of rotatable bonds is 9. The average molecular weight is 508 g/mol. The van der Waals surface area contributed by atoms with Crippen LogP contribution < -0.4 is 5.43 Å². The third-order valence-electron chi connectivity index (χ3n) is 5.09. The minimum Gasteiger partial charge on any atom is -0.454 e. The molecule has 0 aliphatic carbocycles. The Labute approximate surface area is 203 Å². The molecule has 2 amide bonds. The van der Waals surface area contributed by atoms with E-state index < -0.39 is 46.2 Å². The van der Waals surface area contributed by atoms with Crippen LogP contribution in [0.1, 0.15) is 33.6 Å². The fourth-order valence-corrected chi connectivity index (χ4v) is 3.68. The van der Waals surface area contributed by atoms with E-state index >= 15 is 0 Å². The first-order valence-corrected chi connectivity index (χ1v) is 11.0. The van der Waals surface area contributed by atoms with Gasteiger partial charge in [-0.15, -0.1) is 11.6 Å². The van der Waals surface area contributed by atoms with E-state index in [-0.39, 0.29) is 36.4 Å². The molecule has 0 spiro atoms. The van der Waals surface area contributed by atoms with Gasteiger partial charge in [0.25, 0.3) is 11.6 Å². The maximum atomic E-state index is 12.7. The van der Waals surface area contributed by atoms with Gasteiger partial charge in [0.1, 0.15) is 5.56 Å². The number of benzene rings is 2. The number of alkyl halides is 1. The number of amides is 2. The number of para-hydroxylation sites is 1. The molecule has 1 aliphatic rings. The minimum absolute atomic E-state index is 0.0545. The molecular formula is C22H19Cl2N3O7. The molecule has 0 saturated carbocycles. The summed E-state index contributed by atoms with van der Waals surface area (Å²) in [7, 11) is 0. The number of nitrogens with one attached hydrogen (secondary N) is 1. The summed E-state index contributed by atoms with van der Waals surface area (Å²) in [6.45, 7) is -0.216. The average Bonchev–Trinajstić information content (AvgIpc) is 3.18. The van der Waals surface area contributed by atoms with Gasteiger partial charge in [0, 0.05) is 35.4 Å². The van der Waals surface area contributed by atoms with Crippen LogP contribution in [0.5, 0.6) is 0 Å². The summed E-state index contributed by atoms with van der Waals surface area (Å²) in [5.74, 6) is -3.60. The topological polar surface area (TPSA) is 136 Å². The summed E-state index contributed by atoms with van der Waals surface area (Å²) < 4.78 is 5.37. The first kappa shape index (κ1) is 25.1. The Kier molecular flexibility index (Phi) is 8.19. The lowest BCUT2D eigenvalue weighted by Crippen LogP contribution is -2.43. The first-order valence-electron chi connectivity index (χ1n) is 10.1. The summed E-state index contributed by atoms with van der Waals surface area (Å²) in [6, 6.07) is 11.3. The number of nitro groups is 1. The maximum absolute atomic E-state index is 12.7. The van der Waals surface area contributed by atoms with E-state index in [2.05, 4.69) is 5.43 Å². The van der Waals surface area contributed by atoms with Crippen LogP contribution in [0.25, 0.3) is 0 Å². The van der Waals surface area contributed by atoms with E-state index in [4.69, 9.17) is 27.9 Å². The van der Waals surface area contributed by atoms with E-state index in [1.807, 2.05) is 0 Å². The summed E-state index contributed by atoms with van der Waals surface area (Å²) >= 11 is 11.6. The summed E-state index contributed by atoms with van der Waals surface area (Å²) in [4.78, 5) is 60.7. The van der Waals surface area contributed by atoms with Gasteiger partial charge in [-0.3, -0.25) is 39.7 Å². The van der Waals surface area contributed by atoms with Gasteiger partial charge in [0.2, 0.25) is 11.7 Å². The highest BCUT2D eigenvalue weighted by Crippen LogP contribution is 2.22. The van der Waals surface area contributed by atoms with Crippen molar-refractivity contribution in [3.63, 3.8) is 0 Å². The molecule has 2 aromatic rings. The normalized spacial score (nSPS) is 16.1. The van der Waals surface area contributed by atoms with Crippen LogP contribution in [0, 0.1) is 16.0 Å². The smallest absolute Gasteiger partial charge is 0.312 e. The molecule has 178 valence electrons. The van der Waals surface area contributed by atoms with Gasteiger partial charge < -0.3 is 4.74 Å². The van der Waals surface area contributed by atoms with Crippen LogP contribution in [0.2, 0.25) is 5.02 Å². The predicted octanol–water partition coefficient (Wildman–Crippen LogP) is 3.17. The first-order chi connectivity index (χ1) is 16.2. The third-order valence-corrected chi connectivity index (χ3v) is 5.56. The van der Waals surface area contributed by atoms with Crippen LogP contribution in [-0.4, -0.2) is 52.0 Å². The molecule has 1 heterocycles. The zero-order chi connectivity index (χ0) is 24.8. The van der Waals surface area contributed by atoms with E-state index in [0.29, 0.717) is 5.02 Å². The third kappa shape index (κ3) is 5.89. The molecule has 3 rings (SSSR count). The Morgan fingerprint density at radius 3 is 2.50 bits per heavy atom. The molecule has 0 radical (unpaired) electrons. The van der Waals surface area contributed by atoms with Gasteiger partial charge in [0.05, 0.1) is 17.4 Å². The molecule has 1 fully saturated rings. The SMILES string of the molecule is O=C(NN1C[C@@H](C(=O)O[C@@H](CCCl)C(=O)c2ccc(Cl)cc2)CC1=O)c1ccccc1[N+](=O)[O-]. The Hall–Kier alpha value is -3.50. The van der Waals surface area contributed by atoms with Crippen molar-refractivity contribution in [1.82, 2.24) is 10.4 Å². The molecule has 10 nitrogen and oxygen atoms in total. The number of nitrogens with zero attached hydrogens (tertiary/aromatic N) is 2. The van der Waals surface area contributed by atoms with Crippen LogP contribution >= 0.6 is 23.2 Å². The van der Waals surface area contributed by atoms with Crippen LogP contribution in [-0.2, 0) is 14.3 Å². The summed E-state index contributed by atoms with van der Waals surface area (Å²) in [5.41, 5.74) is 1.92.